The average molecular weight is 439 g/mol. The summed E-state index contributed by atoms with van der Waals surface area (Å²) in [6.07, 6.45) is -2.02. The molecule has 6 nitrogen and oxygen atoms in total. The molecule has 3 atom stereocenters. The molecule has 0 bridgehead atoms. The molecule has 0 spiro atoms. The summed E-state index contributed by atoms with van der Waals surface area (Å²) in [5, 5.41) is 2.91. The minimum atomic E-state index is -4.32. The van der Waals surface area contributed by atoms with E-state index in [2.05, 4.69) is 5.32 Å². The summed E-state index contributed by atoms with van der Waals surface area (Å²) in [6, 6.07) is 5.24. The van der Waals surface area contributed by atoms with Crippen molar-refractivity contribution >= 4 is 11.9 Å². The van der Waals surface area contributed by atoms with E-state index >= 15 is 0 Å². The Morgan fingerprint density at radius 3 is 2.39 bits per heavy atom. The molecule has 1 aromatic rings. The fraction of sp³-hybridized carbons (Fsp3) is 0.636. The topological polar surface area (TPSA) is 61.9 Å². The van der Waals surface area contributed by atoms with E-state index in [0.29, 0.717) is 38.5 Å². The van der Waals surface area contributed by atoms with Crippen molar-refractivity contribution in [2.75, 3.05) is 32.8 Å². The van der Waals surface area contributed by atoms with Crippen LogP contribution < -0.4 is 5.32 Å². The van der Waals surface area contributed by atoms with Crippen LogP contribution in [0.25, 0.3) is 0 Å². The number of likely N-dealkylation sites (tertiary alicyclic amines) is 2. The highest BCUT2D eigenvalue weighted by Crippen LogP contribution is 2.35. The molecule has 1 aromatic carbocycles. The second-order valence-electron chi connectivity index (χ2n) is 8.77. The number of halogens is 3. The molecule has 1 N–H and O–H groups in total. The SMILES string of the molecule is CC(c1ccc(C(F)(F)F)cc1)C1CCN(C(=O)N2CC[C@@H]3OCC(=O)NC3C2)CC1. The molecule has 0 aromatic heterocycles. The van der Waals surface area contributed by atoms with E-state index in [9.17, 15) is 22.8 Å². The van der Waals surface area contributed by atoms with Gasteiger partial charge in [-0.2, -0.15) is 13.2 Å². The summed E-state index contributed by atoms with van der Waals surface area (Å²) < 4.78 is 43.9. The van der Waals surface area contributed by atoms with Crippen molar-refractivity contribution in [1.82, 2.24) is 15.1 Å². The van der Waals surface area contributed by atoms with Crippen LogP contribution in [0.4, 0.5) is 18.0 Å². The van der Waals surface area contributed by atoms with Gasteiger partial charge >= 0.3 is 12.2 Å². The van der Waals surface area contributed by atoms with E-state index in [1.54, 1.807) is 17.0 Å². The Kier molecular flexibility index (Phi) is 6.14. The summed E-state index contributed by atoms with van der Waals surface area (Å²) in [5.41, 5.74) is 0.264. The van der Waals surface area contributed by atoms with Gasteiger partial charge < -0.3 is 19.9 Å². The maximum Gasteiger partial charge on any atom is 0.416 e. The Bertz CT molecular complexity index is 806. The Morgan fingerprint density at radius 1 is 1.10 bits per heavy atom. The van der Waals surface area contributed by atoms with Crippen molar-refractivity contribution in [1.29, 1.82) is 0 Å². The minimum Gasteiger partial charge on any atom is -0.366 e. The zero-order chi connectivity index (χ0) is 22.2. The lowest BCUT2D eigenvalue weighted by atomic mass is 9.81. The van der Waals surface area contributed by atoms with Crippen LogP contribution in [0.2, 0.25) is 0 Å². The lowest BCUT2D eigenvalue weighted by Crippen LogP contribution is -2.62. The van der Waals surface area contributed by atoms with Gasteiger partial charge in [0, 0.05) is 26.2 Å². The molecule has 3 aliphatic heterocycles. The molecular weight excluding hydrogens is 411 g/mol. The van der Waals surface area contributed by atoms with Crippen LogP contribution in [0.5, 0.6) is 0 Å². The van der Waals surface area contributed by atoms with Gasteiger partial charge in [-0.3, -0.25) is 4.79 Å². The van der Waals surface area contributed by atoms with Crippen LogP contribution in [0.15, 0.2) is 24.3 Å². The maximum absolute atomic E-state index is 13.0. The van der Waals surface area contributed by atoms with Crippen LogP contribution in [0.1, 0.15) is 43.2 Å². The van der Waals surface area contributed by atoms with Gasteiger partial charge in [-0.25, -0.2) is 4.79 Å². The largest absolute Gasteiger partial charge is 0.416 e. The number of alkyl halides is 3. The van der Waals surface area contributed by atoms with Gasteiger partial charge in [0.25, 0.3) is 0 Å². The van der Waals surface area contributed by atoms with Crippen molar-refractivity contribution in [3.63, 3.8) is 0 Å². The Morgan fingerprint density at radius 2 is 1.74 bits per heavy atom. The quantitative estimate of drug-likeness (QED) is 0.770. The Balaban J connectivity index is 1.30. The number of hydrogen-bond acceptors (Lipinski definition) is 3. The number of benzene rings is 1. The number of urea groups is 1. The van der Waals surface area contributed by atoms with E-state index < -0.39 is 11.7 Å². The van der Waals surface area contributed by atoms with Gasteiger partial charge in [-0.1, -0.05) is 19.1 Å². The normalized spacial score (nSPS) is 26.3. The zero-order valence-corrected chi connectivity index (χ0v) is 17.5. The van der Waals surface area contributed by atoms with Crippen molar-refractivity contribution in [3.05, 3.63) is 35.4 Å². The third kappa shape index (κ3) is 4.81. The van der Waals surface area contributed by atoms with E-state index in [0.717, 1.165) is 30.5 Å². The molecule has 3 fully saturated rings. The van der Waals surface area contributed by atoms with Gasteiger partial charge in [0.1, 0.15) is 6.61 Å². The number of rotatable bonds is 2. The van der Waals surface area contributed by atoms with E-state index in [-0.39, 0.29) is 36.6 Å². The second-order valence-corrected chi connectivity index (χ2v) is 8.77. The van der Waals surface area contributed by atoms with Gasteiger partial charge in [0.2, 0.25) is 5.91 Å². The highest BCUT2D eigenvalue weighted by Gasteiger charge is 2.38. The molecule has 3 heterocycles. The number of nitrogens with zero attached hydrogens (tertiary/aromatic N) is 2. The van der Waals surface area contributed by atoms with Crippen LogP contribution in [-0.2, 0) is 15.7 Å². The molecule has 4 rings (SSSR count). The molecule has 0 aliphatic carbocycles. The molecule has 0 radical (unpaired) electrons. The number of morpholine rings is 1. The molecular formula is C22H28F3N3O3. The summed E-state index contributed by atoms with van der Waals surface area (Å²) in [6.45, 7) is 4.44. The van der Waals surface area contributed by atoms with E-state index in [1.807, 2.05) is 11.8 Å². The third-order valence-corrected chi connectivity index (χ3v) is 6.88. The van der Waals surface area contributed by atoms with Crippen LogP contribution in [0.3, 0.4) is 0 Å². The van der Waals surface area contributed by atoms with Gasteiger partial charge in [-0.05, 0) is 48.8 Å². The lowest BCUT2D eigenvalue weighted by Gasteiger charge is -2.43. The molecule has 3 saturated heterocycles. The first-order chi connectivity index (χ1) is 14.7. The fourth-order valence-corrected chi connectivity index (χ4v) is 4.91. The maximum atomic E-state index is 13.0. The molecule has 3 amide bonds. The predicted molar refractivity (Wildman–Crippen MR) is 107 cm³/mol. The highest BCUT2D eigenvalue weighted by atomic mass is 19.4. The smallest absolute Gasteiger partial charge is 0.366 e. The number of hydrogen-bond donors (Lipinski definition) is 1. The third-order valence-electron chi connectivity index (χ3n) is 6.88. The number of amides is 3. The number of carbonyl (C=O) groups excluding carboxylic acids is 2. The monoisotopic (exact) mass is 439 g/mol. The highest BCUT2D eigenvalue weighted by molar-refractivity contribution is 5.79. The number of piperidine rings is 2. The summed E-state index contributed by atoms with van der Waals surface area (Å²) in [4.78, 5) is 28.2. The molecule has 170 valence electrons. The lowest BCUT2D eigenvalue weighted by molar-refractivity contribution is -0.140. The first-order valence-corrected chi connectivity index (χ1v) is 10.8. The van der Waals surface area contributed by atoms with Crippen molar-refractivity contribution < 1.29 is 27.5 Å². The van der Waals surface area contributed by atoms with Crippen molar-refractivity contribution in [2.45, 2.75) is 50.4 Å². The number of fused-ring (bicyclic) bond motifs is 1. The molecule has 9 heteroatoms. The number of carbonyl (C=O) groups is 2. The van der Waals surface area contributed by atoms with Crippen LogP contribution >= 0.6 is 0 Å². The van der Waals surface area contributed by atoms with Crippen LogP contribution in [-0.4, -0.2) is 66.7 Å². The molecule has 3 aliphatic rings. The molecule has 2 unspecified atom stereocenters. The first-order valence-electron chi connectivity index (χ1n) is 10.8. The number of ether oxygens (including phenoxy) is 1. The summed E-state index contributed by atoms with van der Waals surface area (Å²) in [5.74, 6) is 0.302. The molecule has 0 saturated carbocycles. The zero-order valence-electron chi connectivity index (χ0n) is 17.5. The van der Waals surface area contributed by atoms with E-state index in [1.165, 1.54) is 0 Å². The van der Waals surface area contributed by atoms with Gasteiger partial charge in [0.05, 0.1) is 17.7 Å². The summed E-state index contributed by atoms with van der Waals surface area (Å²) in [7, 11) is 0. The predicted octanol–water partition coefficient (Wildman–Crippen LogP) is 3.23. The minimum absolute atomic E-state index is 0.0149. The summed E-state index contributed by atoms with van der Waals surface area (Å²) >= 11 is 0. The second kappa shape index (κ2) is 8.68. The average Bonchev–Trinajstić information content (AvgIpc) is 2.77. The standard InChI is InChI=1S/C22H28F3N3O3/c1-14(15-2-4-17(5-3-15)22(23,24)25)16-6-9-27(10-7-16)21(30)28-11-8-19-18(12-28)26-20(29)13-31-19/h2-5,14,16,18-19H,6-13H2,1H3,(H,26,29)/t14?,18?,19-/m0/s1. The fourth-order valence-electron chi connectivity index (χ4n) is 4.91. The first kappa shape index (κ1) is 21.9. The van der Waals surface area contributed by atoms with Crippen molar-refractivity contribution in [3.8, 4) is 0 Å². The Labute approximate surface area is 179 Å². The van der Waals surface area contributed by atoms with Crippen LogP contribution in [0, 0.1) is 5.92 Å². The van der Waals surface area contributed by atoms with Gasteiger partial charge in [0.15, 0.2) is 0 Å². The Hall–Kier alpha value is -2.29. The van der Waals surface area contributed by atoms with E-state index in [4.69, 9.17) is 4.74 Å². The van der Waals surface area contributed by atoms with Gasteiger partial charge in [-0.15, -0.1) is 0 Å². The molecule has 31 heavy (non-hydrogen) atoms. The van der Waals surface area contributed by atoms with Crippen molar-refractivity contribution in [2.24, 2.45) is 5.92 Å². The number of nitrogens with one attached hydrogen (secondary N) is 1.